The van der Waals surface area contributed by atoms with E-state index in [2.05, 4.69) is 121 Å². The molecule has 5 aromatic carbocycles. The zero-order valence-corrected chi connectivity index (χ0v) is 23.2. The average molecular weight is 529 g/mol. The number of para-hydroxylation sites is 2. The van der Waals surface area contributed by atoms with Gasteiger partial charge in [-0.25, -0.2) is 0 Å². The first kappa shape index (κ1) is 25.4. The Kier molecular flexibility index (Phi) is 6.79. The van der Waals surface area contributed by atoms with Crippen LogP contribution in [0.1, 0.15) is 22.6 Å². The van der Waals surface area contributed by atoms with E-state index in [1.165, 1.54) is 0 Å². The summed E-state index contributed by atoms with van der Waals surface area (Å²) >= 11 is 0. The van der Waals surface area contributed by atoms with Gasteiger partial charge in [0, 0.05) is 66.0 Å². The molecule has 0 saturated carbocycles. The van der Waals surface area contributed by atoms with Crippen LogP contribution >= 0.6 is 0 Å². The Bertz CT molecular complexity index is 1540. The third-order valence-electron chi connectivity index (χ3n) is 7.64. The van der Waals surface area contributed by atoms with Crippen LogP contribution in [0.2, 0.25) is 0 Å². The monoisotopic (exact) mass is 528 g/mol. The molecule has 200 valence electrons. The number of methoxy groups -OCH3 is 2. The summed E-state index contributed by atoms with van der Waals surface area (Å²) in [4.78, 5) is 4.34. The fourth-order valence-electron chi connectivity index (χ4n) is 5.40. The zero-order valence-electron chi connectivity index (χ0n) is 23.2. The maximum Gasteiger partial charge on any atom is 0.161 e. The van der Waals surface area contributed by atoms with Crippen molar-refractivity contribution in [1.82, 2.24) is 0 Å². The molecule has 0 fully saturated rings. The minimum absolute atomic E-state index is 0.0364. The molecule has 0 radical (unpaired) electrons. The van der Waals surface area contributed by atoms with Crippen molar-refractivity contribution in [3.8, 4) is 23.0 Å². The van der Waals surface area contributed by atoms with Gasteiger partial charge in [0.05, 0.1) is 14.2 Å². The number of ether oxygens (including phenoxy) is 3. The van der Waals surface area contributed by atoms with E-state index < -0.39 is 0 Å². The number of benzene rings is 5. The van der Waals surface area contributed by atoms with Crippen LogP contribution < -0.4 is 24.0 Å². The second kappa shape index (κ2) is 10.7. The van der Waals surface area contributed by atoms with Crippen molar-refractivity contribution in [1.29, 1.82) is 0 Å². The summed E-state index contributed by atoms with van der Waals surface area (Å²) in [5.74, 6) is 3.05. The van der Waals surface area contributed by atoms with Gasteiger partial charge in [-0.3, -0.25) is 0 Å². The topological polar surface area (TPSA) is 34.2 Å². The lowest BCUT2D eigenvalue weighted by atomic mass is 9.82. The Labute approximate surface area is 235 Å². The smallest absolute Gasteiger partial charge is 0.161 e. The largest absolute Gasteiger partial charge is 0.493 e. The third-order valence-corrected chi connectivity index (χ3v) is 7.64. The maximum atomic E-state index is 6.67. The molecule has 0 saturated heterocycles. The molecule has 5 nitrogen and oxygen atoms in total. The van der Waals surface area contributed by atoms with Crippen LogP contribution in [0.15, 0.2) is 115 Å². The fraction of sp³-hybridized carbons (Fsp3) is 0.143. The Balaban J connectivity index is 1.47. The van der Waals surface area contributed by atoms with Crippen LogP contribution in [0.4, 0.5) is 22.7 Å². The summed E-state index contributed by atoms with van der Waals surface area (Å²) in [5.41, 5.74) is 7.65. The van der Waals surface area contributed by atoms with Crippen molar-refractivity contribution in [2.45, 2.75) is 5.92 Å². The highest BCUT2D eigenvalue weighted by Gasteiger charge is 2.30. The van der Waals surface area contributed by atoms with E-state index in [0.29, 0.717) is 11.5 Å². The molecule has 5 aromatic rings. The number of anilines is 4. The van der Waals surface area contributed by atoms with Gasteiger partial charge in [0.15, 0.2) is 11.5 Å². The molecule has 0 bridgehead atoms. The van der Waals surface area contributed by atoms with Crippen molar-refractivity contribution < 1.29 is 14.2 Å². The molecule has 0 N–H and O–H groups in total. The average Bonchev–Trinajstić information content (AvgIpc) is 3.02. The molecule has 0 unspecified atom stereocenters. The molecule has 1 aliphatic rings. The van der Waals surface area contributed by atoms with Gasteiger partial charge in [0.1, 0.15) is 11.5 Å². The molecule has 1 aliphatic heterocycles. The van der Waals surface area contributed by atoms with Gasteiger partial charge in [-0.2, -0.15) is 0 Å². The van der Waals surface area contributed by atoms with E-state index >= 15 is 0 Å². The first-order chi connectivity index (χ1) is 19.6. The van der Waals surface area contributed by atoms with E-state index in [9.17, 15) is 0 Å². The molecule has 0 amide bonds. The summed E-state index contributed by atoms with van der Waals surface area (Å²) < 4.78 is 17.9. The highest BCUT2D eigenvalue weighted by atomic mass is 16.5. The molecule has 0 aromatic heterocycles. The van der Waals surface area contributed by atoms with Crippen molar-refractivity contribution in [2.24, 2.45) is 0 Å². The molecule has 0 atom stereocenters. The Morgan fingerprint density at radius 2 is 1.02 bits per heavy atom. The highest BCUT2D eigenvalue weighted by molar-refractivity contribution is 5.71. The number of hydrogen-bond acceptors (Lipinski definition) is 5. The van der Waals surface area contributed by atoms with Gasteiger partial charge in [0.2, 0.25) is 0 Å². The van der Waals surface area contributed by atoms with Crippen LogP contribution in [0.3, 0.4) is 0 Å². The van der Waals surface area contributed by atoms with E-state index in [4.69, 9.17) is 14.2 Å². The lowest BCUT2D eigenvalue weighted by Gasteiger charge is -2.31. The van der Waals surface area contributed by atoms with Gasteiger partial charge in [-0.1, -0.05) is 54.6 Å². The van der Waals surface area contributed by atoms with Gasteiger partial charge in [-0.05, 0) is 54.1 Å². The fourth-order valence-corrected chi connectivity index (χ4v) is 5.40. The third kappa shape index (κ3) is 4.60. The van der Waals surface area contributed by atoms with Gasteiger partial charge in [0.25, 0.3) is 0 Å². The first-order valence-electron chi connectivity index (χ1n) is 13.3. The van der Waals surface area contributed by atoms with Gasteiger partial charge in [-0.15, -0.1) is 0 Å². The number of fused-ring (bicyclic) bond motifs is 2. The molecule has 1 heterocycles. The Morgan fingerprint density at radius 3 is 1.50 bits per heavy atom. The van der Waals surface area contributed by atoms with E-state index in [1.54, 1.807) is 14.2 Å². The lowest BCUT2D eigenvalue weighted by molar-refractivity contribution is 0.354. The van der Waals surface area contributed by atoms with Crippen molar-refractivity contribution in [3.63, 3.8) is 0 Å². The number of hydrogen-bond donors (Lipinski definition) is 0. The predicted molar refractivity (Wildman–Crippen MR) is 162 cm³/mol. The molecule has 5 heteroatoms. The Morgan fingerprint density at radius 1 is 0.525 bits per heavy atom. The van der Waals surface area contributed by atoms with Crippen LogP contribution in [-0.2, 0) is 0 Å². The Hall–Kier alpha value is -4.90. The van der Waals surface area contributed by atoms with Crippen molar-refractivity contribution >= 4 is 22.7 Å². The van der Waals surface area contributed by atoms with Crippen LogP contribution in [0.5, 0.6) is 23.0 Å². The van der Waals surface area contributed by atoms with E-state index in [-0.39, 0.29) is 5.92 Å². The molecule has 6 rings (SSSR count). The minimum atomic E-state index is -0.0364. The van der Waals surface area contributed by atoms with Crippen LogP contribution in [0, 0.1) is 0 Å². The molecular formula is C35H32N2O3. The van der Waals surface area contributed by atoms with E-state index in [0.717, 1.165) is 50.9 Å². The van der Waals surface area contributed by atoms with E-state index in [1.807, 2.05) is 18.2 Å². The molecule has 0 aliphatic carbocycles. The highest BCUT2D eigenvalue weighted by Crippen LogP contribution is 2.50. The van der Waals surface area contributed by atoms with Crippen LogP contribution in [0.25, 0.3) is 0 Å². The molecular weight excluding hydrogens is 496 g/mol. The minimum Gasteiger partial charge on any atom is -0.493 e. The summed E-state index contributed by atoms with van der Waals surface area (Å²) in [6, 6.07) is 39.8. The van der Waals surface area contributed by atoms with Gasteiger partial charge < -0.3 is 24.0 Å². The summed E-state index contributed by atoms with van der Waals surface area (Å²) in [5, 5.41) is 0. The molecule has 40 heavy (non-hydrogen) atoms. The lowest BCUT2D eigenvalue weighted by Crippen LogP contribution is -2.15. The van der Waals surface area contributed by atoms with Gasteiger partial charge >= 0.3 is 0 Å². The quantitative estimate of drug-likeness (QED) is 0.207. The molecule has 0 spiro atoms. The first-order valence-corrected chi connectivity index (χ1v) is 13.3. The summed E-state index contributed by atoms with van der Waals surface area (Å²) in [6.45, 7) is 0. The second-order valence-corrected chi connectivity index (χ2v) is 9.88. The predicted octanol–water partition coefficient (Wildman–Crippen LogP) is 8.53. The van der Waals surface area contributed by atoms with Crippen molar-refractivity contribution in [3.05, 3.63) is 132 Å². The summed E-state index contributed by atoms with van der Waals surface area (Å²) in [6.07, 6.45) is 0. The normalized spacial score (nSPS) is 12.1. The van der Waals surface area contributed by atoms with Crippen LogP contribution in [-0.4, -0.2) is 28.3 Å². The summed E-state index contributed by atoms with van der Waals surface area (Å²) in [7, 11) is 7.48. The van der Waals surface area contributed by atoms with Crippen molar-refractivity contribution in [2.75, 3.05) is 38.1 Å². The maximum absolute atomic E-state index is 6.67. The standard InChI is InChI=1S/C35H32N2O3/c1-36(25-11-7-5-8-12-25)27-16-18-29-32(22-27)40-33-23-28(37(2)26-13-9-6-10-14-26)17-19-30(33)35(29)24-15-20-31(38-3)34(21-24)39-4/h5-23,35H,1-4H3. The second-order valence-electron chi connectivity index (χ2n) is 9.88. The zero-order chi connectivity index (χ0) is 27.6. The number of rotatable bonds is 7. The SMILES string of the molecule is COc1ccc(C2c3ccc(N(C)c4ccccc4)cc3Oc3cc(N(C)c4ccccc4)ccc32)cc1OC. The number of nitrogens with zero attached hydrogens (tertiary/aromatic N) is 2.